The molecule has 2 atom stereocenters. The van der Waals surface area contributed by atoms with Crippen molar-refractivity contribution in [2.75, 3.05) is 6.54 Å². The Hall–Kier alpha value is -0.530. The standard InChI is InChI=1S/C7H13NO/c1-5-3-6(2)7(9)8-4-5/h5-6H,3-4H2,1-2H3,(H,8,9)/t5-,6+/m0/s1. The van der Waals surface area contributed by atoms with Crippen molar-refractivity contribution < 1.29 is 4.79 Å². The monoisotopic (exact) mass is 127 g/mol. The Morgan fingerprint density at radius 3 is 2.67 bits per heavy atom. The molecule has 0 bridgehead atoms. The Kier molecular flexibility index (Phi) is 1.74. The van der Waals surface area contributed by atoms with Crippen molar-refractivity contribution >= 4 is 5.91 Å². The minimum absolute atomic E-state index is 0.216. The van der Waals surface area contributed by atoms with Gasteiger partial charge in [-0.15, -0.1) is 0 Å². The van der Waals surface area contributed by atoms with Crippen LogP contribution >= 0.6 is 0 Å². The van der Waals surface area contributed by atoms with Crippen molar-refractivity contribution in [3.63, 3.8) is 0 Å². The number of hydrogen-bond donors (Lipinski definition) is 1. The summed E-state index contributed by atoms with van der Waals surface area (Å²) in [4.78, 5) is 10.8. The lowest BCUT2D eigenvalue weighted by Gasteiger charge is -2.23. The van der Waals surface area contributed by atoms with E-state index in [-0.39, 0.29) is 11.8 Å². The minimum atomic E-state index is 0.216. The fourth-order valence-electron chi connectivity index (χ4n) is 1.24. The molecule has 2 nitrogen and oxygen atoms in total. The highest BCUT2D eigenvalue weighted by molar-refractivity contribution is 5.78. The molecule has 0 aromatic rings. The van der Waals surface area contributed by atoms with E-state index in [0.29, 0.717) is 5.92 Å². The van der Waals surface area contributed by atoms with E-state index in [1.165, 1.54) is 0 Å². The van der Waals surface area contributed by atoms with Gasteiger partial charge in [-0.1, -0.05) is 13.8 Å². The van der Waals surface area contributed by atoms with Gasteiger partial charge in [0.15, 0.2) is 0 Å². The first-order valence-electron chi connectivity index (χ1n) is 3.48. The minimum Gasteiger partial charge on any atom is -0.356 e. The SMILES string of the molecule is C[C@@H]1CNC(=O)[C@H](C)C1. The number of hydrogen-bond acceptors (Lipinski definition) is 1. The first-order chi connectivity index (χ1) is 4.20. The lowest BCUT2D eigenvalue weighted by atomic mass is 9.93. The van der Waals surface area contributed by atoms with Crippen molar-refractivity contribution in [2.45, 2.75) is 20.3 Å². The summed E-state index contributed by atoms with van der Waals surface area (Å²) < 4.78 is 0. The average Bonchev–Trinajstić information content (AvgIpc) is 1.80. The maximum Gasteiger partial charge on any atom is 0.222 e. The van der Waals surface area contributed by atoms with Crippen LogP contribution in [0.15, 0.2) is 0 Å². The van der Waals surface area contributed by atoms with Crippen LogP contribution in [-0.4, -0.2) is 12.5 Å². The predicted octanol–water partition coefficient (Wildman–Crippen LogP) is 0.778. The second-order valence-electron chi connectivity index (χ2n) is 2.99. The Balaban J connectivity index is 2.44. The van der Waals surface area contributed by atoms with Gasteiger partial charge in [0, 0.05) is 12.5 Å². The van der Waals surface area contributed by atoms with Gasteiger partial charge < -0.3 is 5.32 Å². The molecule has 1 saturated heterocycles. The molecule has 0 unspecified atom stereocenters. The molecule has 0 aromatic heterocycles. The predicted molar refractivity (Wildman–Crippen MR) is 36.0 cm³/mol. The molecule has 1 aliphatic rings. The van der Waals surface area contributed by atoms with E-state index >= 15 is 0 Å². The van der Waals surface area contributed by atoms with Crippen LogP contribution in [0.5, 0.6) is 0 Å². The molecule has 1 rings (SSSR count). The van der Waals surface area contributed by atoms with Gasteiger partial charge in [-0.3, -0.25) is 4.79 Å². The number of nitrogens with one attached hydrogen (secondary N) is 1. The van der Waals surface area contributed by atoms with Crippen molar-refractivity contribution in [2.24, 2.45) is 11.8 Å². The van der Waals surface area contributed by atoms with Gasteiger partial charge in [-0.25, -0.2) is 0 Å². The van der Waals surface area contributed by atoms with Crippen LogP contribution in [0, 0.1) is 11.8 Å². The summed E-state index contributed by atoms with van der Waals surface area (Å²) in [5, 5.41) is 2.84. The third kappa shape index (κ3) is 1.44. The van der Waals surface area contributed by atoms with E-state index in [1.54, 1.807) is 0 Å². The third-order valence-corrected chi connectivity index (χ3v) is 1.83. The number of piperidine rings is 1. The highest BCUT2D eigenvalue weighted by Gasteiger charge is 2.21. The second-order valence-corrected chi connectivity index (χ2v) is 2.99. The molecule has 52 valence electrons. The normalized spacial score (nSPS) is 36.0. The first kappa shape index (κ1) is 6.59. The molecule has 1 N–H and O–H groups in total. The van der Waals surface area contributed by atoms with Crippen molar-refractivity contribution in [1.29, 1.82) is 0 Å². The van der Waals surface area contributed by atoms with Crippen molar-refractivity contribution in [3.05, 3.63) is 0 Å². The van der Waals surface area contributed by atoms with Gasteiger partial charge in [0.1, 0.15) is 0 Å². The van der Waals surface area contributed by atoms with Crippen molar-refractivity contribution in [1.82, 2.24) is 5.32 Å². The molecule has 1 heterocycles. The zero-order valence-electron chi connectivity index (χ0n) is 5.98. The summed E-state index contributed by atoms with van der Waals surface area (Å²) in [5.74, 6) is 1.11. The summed E-state index contributed by atoms with van der Waals surface area (Å²) in [6, 6.07) is 0. The molecule has 0 radical (unpaired) electrons. The van der Waals surface area contributed by atoms with Gasteiger partial charge in [-0.05, 0) is 12.3 Å². The fourth-order valence-corrected chi connectivity index (χ4v) is 1.24. The molecule has 0 spiro atoms. The molecule has 1 aliphatic heterocycles. The molecule has 0 saturated carbocycles. The van der Waals surface area contributed by atoms with Crippen LogP contribution in [0.2, 0.25) is 0 Å². The van der Waals surface area contributed by atoms with Gasteiger partial charge >= 0.3 is 0 Å². The quantitative estimate of drug-likeness (QED) is 0.512. The molecule has 0 aliphatic carbocycles. The van der Waals surface area contributed by atoms with Gasteiger partial charge in [0.25, 0.3) is 0 Å². The van der Waals surface area contributed by atoms with Crippen LogP contribution < -0.4 is 5.32 Å². The molecule has 1 fully saturated rings. The molecular weight excluding hydrogens is 114 g/mol. The zero-order valence-corrected chi connectivity index (χ0v) is 5.98. The summed E-state index contributed by atoms with van der Waals surface area (Å²) >= 11 is 0. The van der Waals surface area contributed by atoms with E-state index in [9.17, 15) is 4.79 Å². The Morgan fingerprint density at radius 2 is 2.22 bits per heavy atom. The highest BCUT2D eigenvalue weighted by Crippen LogP contribution is 2.15. The van der Waals surface area contributed by atoms with E-state index in [4.69, 9.17) is 0 Å². The summed E-state index contributed by atoms with van der Waals surface area (Å²) in [6.07, 6.45) is 1.05. The fraction of sp³-hybridized carbons (Fsp3) is 0.857. The summed E-state index contributed by atoms with van der Waals surface area (Å²) in [7, 11) is 0. The average molecular weight is 127 g/mol. The number of rotatable bonds is 0. The first-order valence-corrected chi connectivity index (χ1v) is 3.48. The van der Waals surface area contributed by atoms with Crippen LogP contribution in [-0.2, 0) is 4.79 Å². The van der Waals surface area contributed by atoms with E-state index in [0.717, 1.165) is 13.0 Å². The van der Waals surface area contributed by atoms with Crippen LogP contribution in [0.4, 0.5) is 0 Å². The van der Waals surface area contributed by atoms with Crippen LogP contribution in [0.25, 0.3) is 0 Å². The summed E-state index contributed by atoms with van der Waals surface area (Å²) in [5.41, 5.74) is 0. The molecule has 9 heavy (non-hydrogen) atoms. The Morgan fingerprint density at radius 1 is 1.56 bits per heavy atom. The Labute approximate surface area is 55.6 Å². The second kappa shape index (κ2) is 2.38. The van der Waals surface area contributed by atoms with Gasteiger partial charge in [-0.2, -0.15) is 0 Å². The van der Waals surface area contributed by atoms with E-state index in [2.05, 4.69) is 12.2 Å². The lowest BCUT2D eigenvalue weighted by molar-refractivity contribution is -0.126. The number of carbonyl (C=O) groups excluding carboxylic acids is 1. The molecule has 1 amide bonds. The largest absolute Gasteiger partial charge is 0.356 e. The van der Waals surface area contributed by atoms with Crippen LogP contribution in [0.1, 0.15) is 20.3 Å². The van der Waals surface area contributed by atoms with Gasteiger partial charge in [0.05, 0.1) is 0 Å². The number of amides is 1. The molecular formula is C7H13NO. The molecule has 0 aromatic carbocycles. The lowest BCUT2D eigenvalue weighted by Crippen LogP contribution is -2.39. The summed E-state index contributed by atoms with van der Waals surface area (Å²) in [6.45, 7) is 5.00. The maximum absolute atomic E-state index is 10.8. The third-order valence-electron chi connectivity index (χ3n) is 1.83. The Bertz CT molecular complexity index is 122. The zero-order chi connectivity index (χ0) is 6.85. The van der Waals surface area contributed by atoms with Gasteiger partial charge in [0.2, 0.25) is 5.91 Å². The van der Waals surface area contributed by atoms with E-state index in [1.807, 2.05) is 6.92 Å². The maximum atomic E-state index is 10.8. The topological polar surface area (TPSA) is 29.1 Å². The smallest absolute Gasteiger partial charge is 0.222 e. The van der Waals surface area contributed by atoms with Crippen molar-refractivity contribution in [3.8, 4) is 0 Å². The highest BCUT2D eigenvalue weighted by atomic mass is 16.1. The molecule has 2 heteroatoms. The number of carbonyl (C=O) groups is 1. The van der Waals surface area contributed by atoms with Crippen LogP contribution in [0.3, 0.4) is 0 Å². The van der Waals surface area contributed by atoms with E-state index < -0.39 is 0 Å².